The highest BCUT2D eigenvalue weighted by molar-refractivity contribution is 4.88. The monoisotopic (exact) mass is 141 g/mol. The van der Waals surface area contributed by atoms with Crippen LogP contribution in [0.1, 0.15) is 33.6 Å². The highest BCUT2D eigenvalue weighted by Gasteiger charge is 2.05. The fourth-order valence-electron chi connectivity index (χ4n) is 0.988. The highest BCUT2D eigenvalue weighted by atomic mass is 15.1. The lowest BCUT2D eigenvalue weighted by molar-refractivity contribution is 0.307. The van der Waals surface area contributed by atoms with Gasteiger partial charge in [0.1, 0.15) is 0 Å². The van der Waals surface area contributed by atoms with Crippen molar-refractivity contribution in [3.05, 3.63) is 12.3 Å². The molecule has 1 unspecified atom stereocenters. The van der Waals surface area contributed by atoms with Gasteiger partial charge in [0.15, 0.2) is 0 Å². The smallest absolute Gasteiger partial charge is 0.0255 e. The summed E-state index contributed by atoms with van der Waals surface area (Å²) >= 11 is 0. The average Bonchev–Trinajstić information content (AvgIpc) is 1.87. The van der Waals surface area contributed by atoms with E-state index < -0.39 is 0 Å². The summed E-state index contributed by atoms with van der Waals surface area (Å²) in [6, 6.07) is 0.641. The Hall–Kier alpha value is -0.460. The van der Waals surface area contributed by atoms with Crippen molar-refractivity contribution in [2.45, 2.75) is 39.7 Å². The maximum Gasteiger partial charge on any atom is 0.0255 e. The van der Waals surface area contributed by atoms with E-state index in [1.165, 1.54) is 12.8 Å². The van der Waals surface area contributed by atoms with Crippen molar-refractivity contribution in [1.29, 1.82) is 0 Å². The van der Waals surface area contributed by atoms with Crippen molar-refractivity contribution in [1.82, 2.24) is 4.90 Å². The largest absolute Gasteiger partial charge is 0.376 e. The van der Waals surface area contributed by atoms with E-state index in [9.17, 15) is 0 Å². The number of nitrogens with zero attached hydrogens (tertiary/aromatic N) is 1. The number of allylic oxidation sites excluding steroid dienone is 1. The molecule has 0 aliphatic heterocycles. The van der Waals surface area contributed by atoms with Gasteiger partial charge in [0.05, 0.1) is 0 Å². The van der Waals surface area contributed by atoms with Crippen molar-refractivity contribution in [2.24, 2.45) is 0 Å². The van der Waals surface area contributed by atoms with Crippen molar-refractivity contribution in [3.8, 4) is 0 Å². The van der Waals surface area contributed by atoms with Crippen molar-refractivity contribution in [2.75, 3.05) is 7.05 Å². The van der Waals surface area contributed by atoms with E-state index in [0.717, 1.165) is 5.70 Å². The fourth-order valence-corrected chi connectivity index (χ4v) is 0.988. The van der Waals surface area contributed by atoms with E-state index in [1.54, 1.807) is 0 Å². The Morgan fingerprint density at radius 1 is 1.60 bits per heavy atom. The molecule has 0 aliphatic rings. The maximum absolute atomic E-state index is 3.88. The molecule has 1 atom stereocenters. The van der Waals surface area contributed by atoms with E-state index in [1.807, 2.05) is 6.92 Å². The molecule has 0 rings (SSSR count). The third kappa shape index (κ3) is 2.90. The molecule has 10 heavy (non-hydrogen) atoms. The molecular weight excluding hydrogens is 122 g/mol. The summed E-state index contributed by atoms with van der Waals surface area (Å²) in [6.45, 7) is 10.4. The van der Waals surface area contributed by atoms with Crippen molar-refractivity contribution >= 4 is 0 Å². The molecule has 1 nitrogen and oxygen atoms in total. The van der Waals surface area contributed by atoms with E-state index in [-0.39, 0.29) is 0 Å². The first-order chi connectivity index (χ1) is 4.59. The van der Waals surface area contributed by atoms with Gasteiger partial charge in [0, 0.05) is 18.8 Å². The molecule has 0 radical (unpaired) electrons. The standard InChI is InChI=1S/C9H19N/c1-6-7-9(4)10(5)8(2)3/h9H,2,6-7H2,1,3-5H3. The lowest BCUT2D eigenvalue weighted by atomic mass is 10.2. The minimum atomic E-state index is 0.641. The van der Waals surface area contributed by atoms with Gasteiger partial charge in [-0.2, -0.15) is 0 Å². The summed E-state index contributed by atoms with van der Waals surface area (Å²) in [5.41, 5.74) is 1.15. The van der Waals surface area contributed by atoms with Crippen molar-refractivity contribution in [3.63, 3.8) is 0 Å². The minimum absolute atomic E-state index is 0.641. The van der Waals surface area contributed by atoms with Gasteiger partial charge in [-0.05, 0) is 20.3 Å². The summed E-state index contributed by atoms with van der Waals surface area (Å²) in [7, 11) is 2.10. The number of rotatable bonds is 4. The molecule has 0 aromatic rings. The number of hydrogen-bond acceptors (Lipinski definition) is 1. The summed E-state index contributed by atoms with van der Waals surface area (Å²) < 4.78 is 0. The van der Waals surface area contributed by atoms with Crippen LogP contribution in [0.15, 0.2) is 12.3 Å². The lowest BCUT2D eigenvalue weighted by Crippen LogP contribution is -2.26. The quantitative estimate of drug-likeness (QED) is 0.581. The molecule has 1 heteroatoms. The van der Waals surface area contributed by atoms with Gasteiger partial charge in [0.2, 0.25) is 0 Å². The van der Waals surface area contributed by atoms with Crippen LogP contribution in [0.2, 0.25) is 0 Å². The first-order valence-corrected chi connectivity index (χ1v) is 3.98. The van der Waals surface area contributed by atoms with Gasteiger partial charge in [-0.15, -0.1) is 0 Å². The van der Waals surface area contributed by atoms with Crippen molar-refractivity contribution < 1.29 is 0 Å². The van der Waals surface area contributed by atoms with Crippen LogP contribution in [-0.2, 0) is 0 Å². The van der Waals surface area contributed by atoms with Crippen LogP contribution in [0, 0.1) is 0 Å². The molecule has 0 bridgehead atoms. The summed E-state index contributed by atoms with van der Waals surface area (Å²) in [6.07, 6.45) is 2.50. The molecule has 0 N–H and O–H groups in total. The van der Waals surface area contributed by atoms with Gasteiger partial charge in [-0.25, -0.2) is 0 Å². The van der Waals surface area contributed by atoms with Gasteiger partial charge in [-0.3, -0.25) is 0 Å². The average molecular weight is 141 g/mol. The third-order valence-electron chi connectivity index (χ3n) is 1.97. The van der Waals surface area contributed by atoms with Gasteiger partial charge in [0.25, 0.3) is 0 Å². The van der Waals surface area contributed by atoms with Gasteiger partial charge < -0.3 is 4.90 Å². The molecule has 0 aromatic heterocycles. The molecule has 0 fully saturated rings. The molecule has 60 valence electrons. The predicted molar refractivity (Wildman–Crippen MR) is 46.9 cm³/mol. The first-order valence-electron chi connectivity index (χ1n) is 3.98. The van der Waals surface area contributed by atoms with Crippen LogP contribution in [-0.4, -0.2) is 18.0 Å². The zero-order valence-corrected chi connectivity index (χ0v) is 7.65. The van der Waals surface area contributed by atoms with Crippen LogP contribution < -0.4 is 0 Å². The minimum Gasteiger partial charge on any atom is -0.376 e. The normalized spacial score (nSPS) is 12.8. The van der Waals surface area contributed by atoms with E-state index in [2.05, 4.69) is 32.4 Å². The second-order valence-electron chi connectivity index (χ2n) is 2.98. The van der Waals surface area contributed by atoms with E-state index in [0.29, 0.717) is 6.04 Å². The molecule has 0 saturated carbocycles. The molecular formula is C9H19N. The Morgan fingerprint density at radius 2 is 2.10 bits per heavy atom. The van der Waals surface area contributed by atoms with E-state index >= 15 is 0 Å². The zero-order valence-electron chi connectivity index (χ0n) is 7.65. The molecule has 0 saturated heterocycles. The summed E-state index contributed by atoms with van der Waals surface area (Å²) in [5.74, 6) is 0. The van der Waals surface area contributed by atoms with E-state index in [4.69, 9.17) is 0 Å². The zero-order chi connectivity index (χ0) is 8.15. The molecule has 0 aliphatic carbocycles. The molecule has 0 heterocycles. The summed E-state index contributed by atoms with van der Waals surface area (Å²) in [5, 5.41) is 0. The van der Waals surface area contributed by atoms with Crippen LogP contribution in [0.25, 0.3) is 0 Å². The second-order valence-corrected chi connectivity index (χ2v) is 2.98. The highest BCUT2D eigenvalue weighted by Crippen LogP contribution is 2.08. The summed E-state index contributed by atoms with van der Waals surface area (Å²) in [4.78, 5) is 2.23. The second kappa shape index (κ2) is 4.37. The third-order valence-corrected chi connectivity index (χ3v) is 1.97. The topological polar surface area (TPSA) is 3.24 Å². The van der Waals surface area contributed by atoms with Gasteiger partial charge >= 0.3 is 0 Å². The Morgan fingerprint density at radius 3 is 2.40 bits per heavy atom. The molecule has 0 spiro atoms. The predicted octanol–water partition coefficient (Wildman–Crippen LogP) is 2.64. The van der Waals surface area contributed by atoms with Crippen LogP contribution >= 0.6 is 0 Å². The molecule has 0 aromatic carbocycles. The molecule has 0 amide bonds. The Bertz CT molecular complexity index is 107. The first kappa shape index (κ1) is 9.54. The fraction of sp³-hybridized carbons (Fsp3) is 0.778. The SMILES string of the molecule is C=C(C)N(C)C(C)CCC. The Labute approximate surface area is 64.7 Å². The van der Waals surface area contributed by atoms with Crippen LogP contribution in [0.3, 0.4) is 0 Å². The Kier molecular flexibility index (Phi) is 4.17. The van der Waals surface area contributed by atoms with Crippen LogP contribution in [0.4, 0.5) is 0 Å². The number of hydrogen-bond donors (Lipinski definition) is 0. The Balaban J connectivity index is 3.69. The lowest BCUT2D eigenvalue weighted by Gasteiger charge is -2.26. The maximum atomic E-state index is 3.88. The van der Waals surface area contributed by atoms with Gasteiger partial charge in [-0.1, -0.05) is 19.9 Å². The van der Waals surface area contributed by atoms with Crippen LogP contribution in [0.5, 0.6) is 0 Å².